The van der Waals surface area contributed by atoms with Crippen LogP contribution in [0.15, 0.2) is 84.9 Å². The molecule has 2 aromatic heterocycles. The first-order valence-electron chi connectivity index (χ1n) is 24.9. The lowest BCUT2D eigenvalue weighted by molar-refractivity contribution is 0.0535. The monoisotopic (exact) mass is 1020 g/mol. The van der Waals surface area contributed by atoms with E-state index in [-0.39, 0.29) is 30.0 Å². The molecule has 14 nitrogen and oxygen atoms in total. The topological polar surface area (TPSA) is 157 Å². The Morgan fingerprint density at radius 3 is 1.54 bits per heavy atom. The Hall–Kier alpha value is -6.06. The van der Waals surface area contributed by atoms with Crippen molar-refractivity contribution in [2.75, 3.05) is 51.8 Å². The van der Waals surface area contributed by atoms with Crippen LogP contribution in [0.1, 0.15) is 112 Å². The van der Waals surface area contributed by atoms with Gasteiger partial charge >= 0.3 is 12.2 Å². The maximum absolute atomic E-state index is 13.3. The maximum atomic E-state index is 13.3. The highest BCUT2D eigenvalue weighted by molar-refractivity contribution is 6.18. The summed E-state index contributed by atoms with van der Waals surface area (Å²) in [5.41, 5.74) is 5.55. The van der Waals surface area contributed by atoms with Gasteiger partial charge in [-0.05, 0) is 153 Å². The van der Waals surface area contributed by atoms with E-state index in [9.17, 15) is 24.3 Å². The second-order valence-electron chi connectivity index (χ2n) is 20.5. The second kappa shape index (κ2) is 23.2. The summed E-state index contributed by atoms with van der Waals surface area (Å²) in [6.45, 7) is 19.3. The van der Waals surface area contributed by atoms with Gasteiger partial charge in [-0.3, -0.25) is 14.5 Å². The number of piperidine rings is 2. The first-order valence-corrected chi connectivity index (χ1v) is 25.4. The maximum Gasteiger partial charge on any atom is 0.419 e. The highest BCUT2D eigenvalue weighted by atomic mass is 35.5. The number of phenols is 1. The number of alkyl halides is 1. The fourth-order valence-corrected chi connectivity index (χ4v) is 9.89. The number of fused-ring (bicyclic) bond motifs is 4. The van der Waals surface area contributed by atoms with Crippen LogP contribution in [0.3, 0.4) is 0 Å². The van der Waals surface area contributed by atoms with E-state index in [0.717, 1.165) is 54.3 Å². The molecule has 2 amide bonds. The Balaban J connectivity index is 0.000000182. The number of rotatable bonds is 8. The van der Waals surface area contributed by atoms with Crippen molar-refractivity contribution in [1.82, 2.24) is 29.6 Å². The van der Waals surface area contributed by atoms with Crippen LogP contribution >= 0.6 is 24.0 Å². The number of hydrogen-bond acceptors (Lipinski definition) is 10. The summed E-state index contributed by atoms with van der Waals surface area (Å²) in [6.07, 6.45) is 6.98. The number of halogens is 2. The van der Waals surface area contributed by atoms with Gasteiger partial charge in [0.2, 0.25) is 0 Å². The molecule has 0 unspecified atom stereocenters. The quantitative estimate of drug-likeness (QED) is 0.125. The molecule has 3 N–H and O–H groups in total. The smallest absolute Gasteiger partial charge is 0.419 e. The number of aromatic hydroxyl groups is 1. The number of nitrogens with one attached hydrogen (secondary N) is 2. The summed E-state index contributed by atoms with van der Waals surface area (Å²) >= 11 is 5.59. The van der Waals surface area contributed by atoms with Gasteiger partial charge in [-0.25, -0.2) is 18.7 Å². The zero-order valence-electron chi connectivity index (χ0n) is 42.3. The number of phenolic OH excluding ortho intramolecular Hbond substituents is 1. The molecule has 72 heavy (non-hydrogen) atoms. The molecule has 16 heteroatoms. The van der Waals surface area contributed by atoms with E-state index < -0.39 is 23.4 Å². The third kappa shape index (κ3) is 12.8. The number of likely N-dealkylation sites (tertiary alicyclic amines) is 2. The number of amides is 2. The molecule has 2 fully saturated rings. The number of ether oxygens (including phenoxy) is 3. The van der Waals surface area contributed by atoms with E-state index in [1.54, 1.807) is 43.5 Å². The zero-order valence-corrected chi connectivity index (χ0v) is 43.8. The normalized spacial score (nSPS) is 15.8. The van der Waals surface area contributed by atoms with Crippen molar-refractivity contribution in [1.29, 1.82) is 0 Å². The van der Waals surface area contributed by atoms with Gasteiger partial charge in [0, 0.05) is 54.0 Å². The summed E-state index contributed by atoms with van der Waals surface area (Å²) in [6, 6.07) is 25.6. The van der Waals surface area contributed by atoms with E-state index in [4.69, 9.17) is 25.8 Å². The van der Waals surface area contributed by atoms with Crippen molar-refractivity contribution in [3.63, 3.8) is 0 Å². The minimum atomic E-state index is -0.669. The van der Waals surface area contributed by atoms with E-state index in [2.05, 4.69) is 20.4 Å². The molecule has 4 aromatic carbocycles. The van der Waals surface area contributed by atoms with Gasteiger partial charge in [-0.15, -0.1) is 24.0 Å². The van der Waals surface area contributed by atoms with Gasteiger partial charge < -0.3 is 34.9 Å². The Morgan fingerprint density at radius 1 is 0.611 bits per heavy atom. The Kier molecular flexibility index (Phi) is 17.3. The lowest BCUT2D eigenvalue weighted by Gasteiger charge is -2.26. The number of benzene rings is 4. The molecule has 4 aliphatic heterocycles. The zero-order chi connectivity index (χ0) is 50.5. The van der Waals surface area contributed by atoms with E-state index in [0.29, 0.717) is 69.8 Å². The summed E-state index contributed by atoms with van der Waals surface area (Å²) in [7, 11) is 0. The average molecular weight is 1020 g/mol. The van der Waals surface area contributed by atoms with Gasteiger partial charge in [-0.1, -0.05) is 49.2 Å². The van der Waals surface area contributed by atoms with Crippen molar-refractivity contribution in [2.45, 2.75) is 104 Å². The van der Waals surface area contributed by atoms with Gasteiger partial charge in [0.25, 0.3) is 11.8 Å². The van der Waals surface area contributed by atoms with Gasteiger partial charge in [0.05, 0.1) is 33.5 Å². The van der Waals surface area contributed by atoms with Crippen molar-refractivity contribution in [2.24, 2.45) is 0 Å². The molecule has 0 bridgehead atoms. The van der Waals surface area contributed by atoms with Crippen LogP contribution in [0.2, 0.25) is 0 Å². The SMILES string of the molecule is CC(C)(C)OC(=O)n1c(-c2cccc3c2C(=O)NC3)cc2cc(O)ccc21.CC(C)(C)OC(=O)n1c(-c2cccc3c2C(=O)NC3)cc2cc(OCCN3CCCCC3)ccc21.Cl.ClCCN1CCCCC1. The molecule has 0 atom stereocenters. The van der Waals surface area contributed by atoms with Gasteiger partial charge in [0.1, 0.15) is 29.3 Å². The predicted octanol–water partition coefficient (Wildman–Crippen LogP) is 11.4. The summed E-state index contributed by atoms with van der Waals surface area (Å²) < 4.78 is 20.4. The van der Waals surface area contributed by atoms with Crippen LogP contribution in [0.25, 0.3) is 44.3 Å². The van der Waals surface area contributed by atoms with Crippen LogP contribution in [0.5, 0.6) is 11.5 Å². The third-order valence-electron chi connectivity index (χ3n) is 12.9. The lowest BCUT2D eigenvalue weighted by atomic mass is 10.0. The molecule has 384 valence electrons. The van der Waals surface area contributed by atoms with Gasteiger partial charge in [0.15, 0.2) is 0 Å². The predicted molar refractivity (Wildman–Crippen MR) is 286 cm³/mol. The van der Waals surface area contributed by atoms with E-state index in [1.807, 2.05) is 81.4 Å². The highest BCUT2D eigenvalue weighted by Crippen LogP contribution is 2.37. The standard InChI is InChI=1S/C28H33N3O4.C21H20N2O4.C7H14ClN.ClH/c1-28(2,3)35-27(33)31-23-11-10-21(34-15-14-30-12-5-4-6-13-30)16-20(23)17-24(31)22-9-7-8-19-18-29-26(32)25(19)22;1-21(2,3)27-20(26)23-16-8-7-14(24)9-13(16)10-17(23)15-6-4-5-12-11-22-19(25)18(12)15;8-4-7-9-5-2-1-3-6-9;/h7-11,16-17H,4-6,12-15,18H2,1-3H3,(H,29,32);4-10,24H,11H2,1-3H3,(H,22,25);1-7H2;1H. The minimum Gasteiger partial charge on any atom is -0.508 e. The first kappa shape index (κ1) is 53.7. The van der Waals surface area contributed by atoms with E-state index in [1.165, 1.54) is 62.2 Å². The molecular weight excluding hydrogens is 956 g/mol. The average Bonchev–Trinajstić information content (AvgIpc) is 4.12. The van der Waals surface area contributed by atoms with Gasteiger partial charge in [-0.2, -0.15) is 0 Å². The molecule has 0 radical (unpaired) electrons. The number of hydrogen-bond donors (Lipinski definition) is 3. The molecule has 6 heterocycles. The number of aromatic nitrogens is 2. The Morgan fingerprint density at radius 2 is 1.07 bits per heavy atom. The number of carbonyl (C=O) groups is 4. The lowest BCUT2D eigenvalue weighted by Crippen LogP contribution is -2.33. The Labute approximate surface area is 433 Å². The highest BCUT2D eigenvalue weighted by Gasteiger charge is 2.30. The largest absolute Gasteiger partial charge is 0.508 e. The fraction of sp³-hybridized carbons (Fsp3) is 0.429. The second-order valence-corrected chi connectivity index (χ2v) is 20.9. The molecule has 0 saturated carbocycles. The third-order valence-corrected chi connectivity index (χ3v) is 13.0. The fourth-order valence-electron chi connectivity index (χ4n) is 9.65. The van der Waals surface area contributed by atoms with Crippen molar-refractivity contribution in [3.05, 3.63) is 107 Å². The van der Waals surface area contributed by atoms with Crippen LogP contribution in [0.4, 0.5) is 9.59 Å². The molecule has 2 saturated heterocycles. The summed E-state index contributed by atoms with van der Waals surface area (Å²) in [5, 5.41) is 17.1. The molecule has 10 rings (SSSR count). The van der Waals surface area contributed by atoms with Crippen molar-refractivity contribution >= 4 is 69.8 Å². The van der Waals surface area contributed by atoms with Crippen molar-refractivity contribution in [3.8, 4) is 34.0 Å². The first-order chi connectivity index (χ1) is 34.0. The number of carbonyl (C=O) groups excluding carboxylic acids is 4. The molecule has 0 aliphatic carbocycles. The van der Waals surface area contributed by atoms with Crippen LogP contribution in [-0.4, -0.2) is 111 Å². The summed E-state index contributed by atoms with van der Waals surface area (Å²) in [4.78, 5) is 56.2. The minimum absolute atomic E-state index is 0. The molecule has 6 aromatic rings. The summed E-state index contributed by atoms with van der Waals surface area (Å²) in [5.74, 6) is 1.37. The number of nitrogens with zero attached hydrogens (tertiary/aromatic N) is 4. The molecular formula is C56H68Cl2N6O8. The van der Waals surface area contributed by atoms with Crippen LogP contribution < -0.4 is 15.4 Å². The van der Waals surface area contributed by atoms with Crippen LogP contribution in [0, 0.1) is 0 Å². The van der Waals surface area contributed by atoms with Crippen LogP contribution in [-0.2, 0) is 22.6 Å². The van der Waals surface area contributed by atoms with E-state index >= 15 is 0 Å². The molecule has 4 aliphatic rings. The Bertz CT molecular complexity index is 2920. The van der Waals surface area contributed by atoms with Crippen molar-refractivity contribution < 1.29 is 38.5 Å². The molecule has 0 spiro atoms.